The van der Waals surface area contributed by atoms with Crippen LogP contribution in [0.5, 0.6) is 11.5 Å². The summed E-state index contributed by atoms with van der Waals surface area (Å²) in [5.41, 5.74) is 0.891. The third kappa shape index (κ3) is 5.58. The number of nitrogens with zero attached hydrogens (tertiary/aromatic N) is 3. The Kier molecular flexibility index (Phi) is 7.06. The number of nitrogens with one attached hydrogen (secondary N) is 1. The average molecular weight is 384 g/mol. The summed E-state index contributed by atoms with van der Waals surface area (Å²) in [6.45, 7) is 6.99. The molecule has 28 heavy (non-hydrogen) atoms. The largest absolute Gasteiger partial charge is 0.494 e. The van der Waals surface area contributed by atoms with Crippen LogP contribution in [-0.4, -0.2) is 49.0 Å². The zero-order valence-electron chi connectivity index (χ0n) is 16.6. The number of rotatable bonds is 8. The fraction of sp³-hybridized carbons (Fsp3) is 0.476. The quantitative estimate of drug-likeness (QED) is 0.705. The number of aryl methyl sites for hydroxylation is 1. The van der Waals surface area contributed by atoms with Gasteiger partial charge in [0.1, 0.15) is 18.1 Å². The average Bonchev–Trinajstić information content (AvgIpc) is 2.73. The molecule has 0 radical (unpaired) electrons. The zero-order chi connectivity index (χ0) is 19.8. The highest BCUT2D eigenvalue weighted by atomic mass is 16.5. The summed E-state index contributed by atoms with van der Waals surface area (Å²) in [5, 5.41) is 11.3. The van der Waals surface area contributed by atoms with Crippen LogP contribution in [0, 0.1) is 12.8 Å². The van der Waals surface area contributed by atoms with E-state index in [1.165, 1.54) is 0 Å². The molecule has 0 spiro atoms. The molecule has 1 aliphatic rings. The maximum Gasteiger partial charge on any atom is 0.225 e. The first-order valence-electron chi connectivity index (χ1n) is 9.84. The van der Waals surface area contributed by atoms with Crippen LogP contribution in [0.4, 0.5) is 5.82 Å². The van der Waals surface area contributed by atoms with Crippen LogP contribution in [0.25, 0.3) is 0 Å². The Hall–Kier alpha value is -2.83. The van der Waals surface area contributed by atoms with Gasteiger partial charge in [0, 0.05) is 13.1 Å². The maximum absolute atomic E-state index is 12.5. The molecule has 0 bridgehead atoms. The number of carbonyl (C=O) groups excluding carboxylic acids is 1. The minimum Gasteiger partial charge on any atom is -0.494 e. The standard InChI is InChI=1S/C21H28N4O3/c1-3-27-18-7-9-19(10-8-18)28-14-12-22-21(26)17-5-4-13-25(15-17)20-11-6-16(2)23-24-20/h6-11,17H,3-5,12-15H2,1-2H3,(H,22,26). The zero-order valence-corrected chi connectivity index (χ0v) is 16.6. The lowest BCUT2D eigenvalue weighted by Gasteiger charge is -2.32. The molecule has 150 valence electrons. The molecule has 1 aromatic carbocycles. The Morgan fingerprint density at radius 3 is 2.57 bits per heavy atom. The third-order valence-electron chi connectivity index (χ3n) is 4.70. The van der Waals surface area contributed by atoms with Gasteiger partial charge < -0.3 is 19.7 Å². The molecule has 1 atom stereocenters. The van der Waals surface area contributed by atoms with Crippen molar-refractivity contribution >= 4 is 11.7 Å². The highest BCUT2D eigenvalue weighted by molar-refractivity contribution is 5.79. The Labute approximate surface area is 166 Å². The van der Waals surface area contributed by atoms with E-state index in [2.05, 4.69) is 20.4 Å². The van der Waals surface area contributed by atoms with Gasteiger partial charge in [0.25, 0.3) is 0 Å². The number of hydrogen-bond acceptors (Lipinski definition) is 6. The summed E-state index contributed by atoms with van der Waals surface area (Å²) >= 11 is 0. The van der Waals surface area contributed by atoms with Crippen molar-refractivity contribution < 1.29 is 14.3 Å². The van der Waals surface area contributed by atoms with Crippen molar-refractivity contribution in [2.45, 2.75) is 26.7 Å². The molecule has 1 aliphatic heterocycles. The SMILES string of the molecule is CCOc1ccc(OCCNC(=O)C2CCCN(c3ccc(C)nn3)C2)cc1. The van der Waals surface area contributed by atoms with Gasteiger partial charge in [-0.2, -0.15) is 5.10 Å². The summed E-state index contributed by atoms with van der Waals surface area (Å²) in [5.74, 6) is 2.45. The molecule has 0 saturated carbocycles. The van der Waals surface area contributed by atoms with Crippen LogP contribution < -0.4 is 19.7 Å². The normalized spacial score (nSPS) is 16.5. The first-order chi connectivity index (χ1) is 13.7. The van der Waals surface area contributed by atoms with Gasteiger partial charge in [0.2, 0.25) is 5.91 Å². The van der Waals surface area contributed by atoms with Gasteiger partial charge in [-0.1, -0.05) is 0 Å². The van der Waals surface area contributed by atoms with E-state index in [4.69, 9.17) is 9.47 Å². The van der Waals surface area contributed by atoms with Gasteiger partial charge >= 0.3 is 0 Å². The van der Waals surface area contributed by atoms with Gasteiger partial charge in [-0.05, 0) is 63.1 Å². The fourth-order valence-corrected chi connectivity index (χ4v) is 3.25. The van der Waals surface area contributed by atoms with E-state index in [0.717, 1.165) is 42.4 Å². The van der Waals surface area contributed by atoms with E-state index in [1.54, 1.807) is 0 Å². The highest BCUT2D eigenvalue weighted by Gasteiger charge is 2.26. The molecule has 1 N–H and O–H groups in total. The Morgan fingerprint density at radius 2 is 1.89 bits per heavy atom. The molecule has 1 unspecified atom stereocenters. The minimum absolute atomic E-state index is 0.0395. The van der Waals surface area contributed by atoms with Crippen LogP contribution in [-0.2, 0) is 4.79 Å². The lowest BCUT2D eigenvalue weighted by atomic mass is 9.97. The van der Waals surface area contributed by atoms with Gasteiger partial charge in [-0.3, -0.25) is 4.79 Å². The molecule has 1 saturated heterocycles. The Morgan fingerprint density at radius 1 is 1.14 bits per heavy atom. The van der Waals surface area contributed by atoms with E-state index in [-0.39, 0.29) is 11.8 Å². The topological polar surface area (TPSA) is 76.6 Å². The van der Waals surface area contributed by atoms with E-state index in [9.17, 15) is 4.79 Å². The molecular weight excluding hydrogens is 356 g/mol. The van der Waals surface area contributed by atoms with Gasteiger partial charge in [-0.15, -0.1) is 5.10 Å². The molecule has 2 aromatic rings. The molecule has 1 amide bonds. The molecule has 0 aliphatic carbocycles. The second-order valence-electron chi connectivity index (χ2n) is 6.86. The predicted molar refractivity (Wildman–Crippen MR) is 108 cm³/mol. The van der Waals surface area contributed by atoms with Gasteiger partial charge in [0.15, 0.2) is 5.82 Å². The van der Waals surface area contributed by atoms with Crippen LogP contribution >= 0.6 is 0 Å². The second kappa shape index (κ2) is 9.92. The lowest BCUT2D eigenvalue weighted by molar-refractivity contribution is -0.125. The number of benzene rings is 1. The molecule has 1 aromatic heterocycles. The number of carbonyl (C=O) groups is 1. The molecule has 1 fully saturated rings. The number of anilines is 1. The van der Waals surface area contributed by atoms with Crippen molar-refractivity contribution in [1.82, 2.24) is 15.5 Å². The number of piperidine rings is 1. The van der Waals surface area contributed by atoms with E-state index >= 15 is 0 Å². The van der Waals surface area contributed by atoms with Gasteiger partial charge in [0.05, 0.1) is 24.8 Å². The first-order valence-corrected chi connectivity index (χ1v) is 9.84. The summed E-state index contributed by atoms with van der Waals surface area (Å²) in [6.07, 6.45) is 1.86. The monoisotopic (exact) mass is 384 g/mol. The third-order valence-corrected chi connectivity index (χ3v) is 4.70. The predicted octanol–water partition coefficient (Wildman–Crippen LogP) is 2.60. The smallest absolute Gasteiger partial charge is 0.225 e. The number of aromatic nitrogens is 2. The van der Waals surface area contributed by atoms with Crippen LogP contribution in [0.2, 0.25) is 0 Å². The van der Waals surface area contributed by atoms with Crippen LogP contribution in [0.3, 0.4) is 0 Å². The lowest BCUT2D eigenvalue weighted by Crippen LogP contribution is -2.44. The molecule has 7 nitrogen and oxygen atoms in total. The summed E-state index contributed by atoms with van der Waals surface area (Å²) in [4.78, 5) is 14.6. The first kappa shape index (κ1) is 19.9. The molecule has 3 rings (SSSR count). The second-order valence-corrected chi connectivity index (χ2v) is 6.86. The molecule has 2 heterocycles. The van der Waals surface area contributed by atoms with Crippen molar-refractivity contribution in [3.63, 3.8) is 0 Å². The number of ether oxygens (including phenoxy) is 2. The highest BCUT2D eigenvalue weighted by Crippen LogP contribution is 2.21. The maximum atomic E-state index is 12.5. The van der Waals surface area contributed by atoms with Crippen molar-refractivity contribution in [3.05, 3.63) is 42.1 Å². The van der Waals surface area contributed by atoms with E-state index in [0.29, 0.717) is 26.3 Å². The van der Waals surface area contributed by atoms with Gasteiger partial charge in [-0.25, -0.2) is 0 Å². The summed E-state index contributed by atoms with van der Waals surface area (Å²) < 4.78 is 11.1. The van der Waals surface area contributed by atoms with Crippen LogP contribution in [0.1, 0.15) is 25.5 Å². The van der Waals surface area contributed by atoms with Crippen molar-refractivity contribution in [2.24, 2.45) is 5.92 Å². The van der Waals surface area contributed by atoms with Crippen LogP contribution in [0.15, 0.2) is 36.4 Å². The number of hydrogen-bond donors (Lipinski definition) is 1. The molecular formula is C21H28N4O3. The van der Waals surface area contributed by atoms with Crippen molar-refractivity contribution in [2.75, 3.05) is 37.7 Å². The summed E-state index contributed by atoms with van der Waals surface area (Å²) in [6, 6.07) is 11.4. The summed E-state index contributed by atoms with van der Waals surface area (Å²) in [7, 11) is 0. The minimum atomic E-state index is -0.0395. The van der Waals surface area contributed by atoms with E-state index in [1.807, 2.05) is 50.2 Å². The number of amides is 1. The van der Waals surface area contributed by atoms with Crippen molar-refractivity contribution in [1.29, 1.82) is 0 Å². The van der Waals surface area contributed by atoms with Crippen molar-refractivity contribution in [3.8, 4) is 11.5 Å². The molecule has 7 heteroatoms. The fourth-order valence-electron chi connectivity index (χ4n) is 3.25. The van der Waals surface area contributed by atoms with E-state index < -0.39 is 0 Å². The Bertz CT molecular complexity index is 749. The Balaban J connectivity index is 1.41.